The Labute approximate surface area is 111 Å². The lowest BCUT2D eigenvalue weighted by atomic mass is 9.99. The molecule has 1 saturated heterocycles. The third kappa shape index (κ3) is 2.35. The molecule has 0 aliphatic carbocycles. The van der Waals surface area contributed by atoms with Crippen LogP contribution in [0, 0.1) is 5.82 Å². The van der Waals surface area contributed by atoms with Crippen molar-refractivity contribution in [1.82, 2.24) is 4.31 Å². The maximum atomic E-state index is 12.8. The van der Waals surface area contributed by atoms with Crippen LogP contribution >= 0.6 is 0 Å². The van der Waals surface area contributed by atoms with Crippen molar-refractivity contribution in [1.29, 1.82) is 0 Å². The highest BCUT2D eigenvalue weighted by Crippen LogP contribution is 2.33. The first-order valence-electron chi connectivity index (χ1n) is 5.75. The number of sulfonamides is 1. The van der Waals surface area contributed by atoms with Gasteiger partial charge in [0.25, 0.3) is 0 Å². The molecule has 0 spiro atoms. The lowest BCUT2D eigenvalue weighted by molar-refractivity contribution is -0.150. The van der Waals surface area contributed by atoms with Crippen LogP contribution in [0.5, 0.6) is 0 Å². The lowest BCUT2D eigenvalue weighted by Crippen LogP contribution is -2.60. The van der Waals surface area contributed by atoms with Crippen molar-refractivity contribution in [3.05, 3.63) is 30.1 Å². The van der Waals surface area contributed by atoms with Gasteiger partial charge in [-0.1, -0.05) is 0 Å². The molecule has 2 rings (SSSR count). The molecule has 1 aromatic carbocycles. The zero-order valence-corrected chi connectivity index (χ0v) is 11.4. The van der Waals surface area contributed by atoms with Crippen molar-refractivity contribution in [2.24, 2.45) is 0 Å². The number of esters is 1. The predicted molar refractivity (Wildman–Crippen MR) is 65.3 cm³/mol. The van der Waals surface area contributed by atoms with E-state index < -0.39 is 27.9 Å². The minimum absolute atomic E-state index is 0.0330. The highest BCUT2D eigenvalue weighted by molar-refractivity contribution is 7.89. The lowest BCUT2D eigenvalue weighted by Gasteiger charge is -2.43. The molecule has 2 atom stereocenters. The van der Waals surface area contributed by atoms with E-state index >= 15 is 0 Å². The number of nitrogens with zero attached hydrogens (tertiary/aromatic N) is 1. The number of carbonyl (C=O) groups is 1. The minimum Gasteiger partial charge on any atom is -0.468 e. The van der Waals surface area contributed by atoms with Crippen LogP contribution in [0.1, 0.15) is 13.3 Å². The number of benzene rings is 1. The number of hydrogen-bond donors (Lipinski definition) is 0. The molecule has 1 aromatic rings. The Balaban J connectivity index is 2.33. The topological polar surface area (TPSA) is 63.7 Å². The summed E-state index contributed by atoms with van der Waals surface area (Å²) < 4.78 is 43.2. The summed E-state index contributed by atoms with van der Waals surface area (Å²) >= 11 is 0. The Kier molecular flexibility index (Phi) is 3.60. The Bertz CT molecular complexity index is 584. The fraction of sp³-hybridized carbons (Fsp3) is 0.417. The molecule has 0 aromatic heterocycles. The average Bonchev–Trinajstić information content (AvgIpc) is 2.34. The van der Waals surface area contributed by atoms with Crippen LogP contribution in [0.3, 0.4) is 0 Å². The van der Waals surface area contributed by atoms with Crippen LogP contribution in [-0.4, -0.2) is 37.9 Å². The highest BCUT2D eigenvalue weighted by Gasteiger charge is 2.48. The molecule has 0 saturated carbocycles. The molecule has 0 amide bonds. The van der Waals surface area contributed by atoms with E-state index in [2.05, 4.69) is 4.74 Å². The summed E-state index contributed by atoms with van der Waals surface area (Å²) in [7, 11) is -2.59. The molecule has 0 N–H and O–H groups in total. The summed E-state index contributed by atoms with van der Waals surface area (Å²) in [6.45, 7) is 1.71. The van der Waals surface area contributed by atoms with Gasteiger partial charge < -0.3 is 4.74 Å². The smallest absolute Gasteiger partial charge is 0.324 e. The molecule has 1 fully saturated rings. The van der Waals surface area contributed by atoms with Crippen molar-refractivity contribution in [2.45, 2.75) is 30.3 Å². The van der Waals surface area contributed by atoms with E-state index in [1.165, 1.54) is 19.2 Å². The molecule has 0 unspecified atom stereocenters. The van der Waals surface area contributed by atoms with E-state index in [-0.39, 0.29) is 10.9 Å². The number of methoxy groups -OCH3 is 1. The third-order valence-electron chi connectivity index (χ3n) is 3.17. The SMILES string of the molecule is COC(=O)[C@H]1C[C@H](C)N1S(=O)(=O)c1ccc(F)cc1. The number of halogens is 1. The van der Waals surface area contributed by atoms with Crippen molar-refractivity contribution in [2.75, 3.05) is 7.11 Å². The van der Waals surface area contributed by atoms with Crippen LogP contribution in [0.2, 0.25) is 0 Å². The van der Waals surface area contributed by atoms with E-state index in [0.717, 1.165) is 16.4 Å². The first-order chi connectivity index (χ1) is 8.87. The number of rotatable bonds is 3. The quantitative estimate of drug-likeness (QED) is 0.782. The fourth-order valence-electron chi connectivity index (χ4n) is 2.17. The van der Waals surface area contributed by atoms with Gasteiger partial charge in [0.2, 0.25) is 10.0 Å². The molecule has 5 nitrogen and oxygen atoms in total. The zero-order chi connectivity index (χ0) is 14.2. The second-order valence-corrected chi connectivity index (χ2v) is 6.26. The van der Waals surface area contributed by atoms with Crippen LogP contribution < -0.4 is 0 Å². The summed E-state index contributed by atoms with van der Waals surface area (Å²) in [6.07, 6.45) is 0.424. The van der Waals surface area contributed by atoms with Crippen molar-refractivity contribution in [3.8, 4) is 0 Å². The molecular weight excluding hydrogens is 273 g/mol. The van der Waals surface area contributed by atoms with Gasteiger partial charge in [-0.15, -0.1) is 0 Å². The van der Waals surface area contributed by atoms with E-state index in [1.54, 1.807) is 6.92 Å². The molecule has 7 heteroatoms. The molecule has 1 aliphatic heterocycles. The largest absolute Gasteiger partial charge is 0.468 e. The summed E-state index contributed by atoms with van der Waals surface area (Å²) in [5, 5.41) is 0. The van der Waals surface area contributed by atoms with Crippen LogP contribution in [0.15, 0.2) is 29.2 Å². The normalized spacial score (nSPS) is 23.7. The minimum atomic E-state index is -3.81. The van der Waals surface area contributed by atoms with Gasteiger partial charge in [-0.25, -0.2) is 12.8 Å². The van der Waals surface area contributed by atoms with Gasteiger partial charge in [0.15, 0.2) is 0 Å². The maximum absolute atomic E-state index is 12.8. The second-order valence-electron chi connectivity index (χ2n) is 4.41. The number of carbonyl (C=O) groups excluding carboxylic acids is 1. The molecule has 0 radical (unpaired) electrons. The Morgan fingerprint density at radius 2 is 1.95 bits per heavy atom. The third-order valence-corrected chi connectivity index (χ3v) is 5.21. The molecule has 0 bridgehead atoms. The average molecular weight is 287 g/mol. The molecule has 104 valence electrons. The summed E-state index contributed by atoms with van der Waals surface area (Å²) in [5.74, 6) is -1.09. The monoisotopic (exact) mass is 287 g/mol. The molecule has 1 aliphatic rings. The van der Waals surface area contributed by atoms with Crippen LogP contribution in [0.25, 0.3) is 0 Å². The van der Waals surface area contributed by atoms with E-state index in [0.29, 0.717) is 6.42 Å². The Hall–Kier alpha value is -1.47. The Morgan fingerprint density at radius 1 is 1.37 bits per heavy atom. The zero-order valence-electron chi connectivity index (χ0n) is 10.5. The highest BCUT2D eigenvalue weighted by atomic mass is 32.2. The van der Waals surface area contributed by atoms with E-state index in [1.807, 2.05) is 0 Å². The van der Waals surface area contributed by atoms with Gasteiger partial charge in [-0.3, -0.25) is 4.79 Å². The Morgan fingerprint density at radius 3 is 2.42 bits per heavy atom. The van der Waals surface area contributed by atoms with Crippen molar-refractivity contribution >= 4 is 16.0 Å². The van der Waals surface area contributed by atoms with Gasteiger partial charge in [0.05, 0.1) is 12.0 Å². The summed E-state index contributed by atoms with van der Waals surface area (Å²) in [6, 6.07) is 3.44. The van der Waals surface area contributed by atoms with Gasteiger partial charge in [0, 0.05) is 6.04 Å². The second kappa shape index (κ2) is 4.90. The van der Waals surface area contributed by atoms with Crippen molar-refractivity contribution < 1.29 is 22.3 Å². The first kappa shape index (κ1) is 14.0. The van der Waals surface area contributed by atoms with Gasteiger partial charge in [-0.2, -0.15) is 4.31 Å². The summed E-state index contributed by atoms with van der Waals surface area (Å²) in [5.41, 5.74) is 0. The van der Waals surface area contributed by atoms with Crippen molar-refractivity contribution in [3.63, 3.8) is 0 Å². The van der Waals surface area contributed by atoms with Crippen LogP contribution in [-0.2, 0) is 19.6 Å². The molecule has 19 heavy (non-hydrogen) atoms. The standard InChI is InChI=1S/C12H14FNO4S/c1-8-7-11(12(15)18-2)14(8)19(16,17)10-5-3-9(13)4-6-10/h3-6,8,11H,7H2,1-2H3/t8-,11+/m0/s1. The molecule has 1 heterocycles. The van der Waals surface area contributed by atoms with E-state index in [9.17, 15) is 17.6 Å². The number of hydrogen-bond acceptors (Lipinski definition) is 4. The fourth-order valence-corrected chi connectivity index (χ4v) is 3.96. The maximum Gasteiger partial charge on any atom is 0.324 e. The molecular formula is C12H14FNO4S. The first-order valence-corrected chi connectivity index (χ1v) is 7.19. The van der Waals surface area contributed by atoms with E-state index in [4.69, 9.17) is 0 Å². The summed E-state index contributed by atoms with van der Waals surface area (Å²) in [4.78, 5) is 11.5. The van der Waals surface area contributed by atoms with Crippen LogP contribution in [0.4, 0.5) is 4.39 Å². The van der Waals surface area contributed by atoms with Gasteiger partial charge in [-0.05, 0) is 37.6 Å². The number of ether oxygens (including phenoxy) is 1. The van der Waals surface area contributed by atoms with Gasteiger partial charge >= 0.3 is 5.97 Å². The predicted octanol–water partition coefficient (Wildman–Crippen LogP) is 1.15. The van der Waals surface area contributed by atoms with Gasteiger partial charge in [0.1, 0.15) is 11.9 Å².